The number of carbonyl (C=O) groups is 2. The van der Waals surface area contributed by atoms with Crippen LogP contribution in [-0.4, -0.2) is 29.9 Å². The first-order valence-corrected chi connectivity index (χ1v) is 6.28. The van der Waals surface area contributed by atoms with E-state index in [-0.39, 0.29) is 0 Å². The second-order valence-corrected chi connectivity index (χ2v) is 5.71. The Morgan fingerprint density at radius 3 is 2.53 bits per heavy atom. The minimum atomic E-state index is -0.531. The molecule has 0 spiro atoms. The topological polar surface area (TPSA) is 46.6 Å². The SMILES string of the molecule is CN(Cc1ccc(C=O)cc1Cl)C(=O)OC(C)(C)C. The van der Waals surface area contributed by atoms with Crippen molar-refractivity contribution in [2.24, 2.45) is 0 Å². The number of ether oxygens (including phenoxy) is 1. The third-order valence-electron chi connectivity index (χ3n) is 2.33. The largest absolute Gasteiger partial charge is 0.444 e. The molecule has 1 aromatic rings. The fourth-order valence-corrected chi connectivity index (χ4v) is 1.67. The van der Waals surface area contributed by atoms with Crippen LogP contribution in [0.2, 0.25) is 5.02 Å². The van der Waals surface area contributed by atoms with Crippen molar-refractivity contribution >= 4 is 24.0 Å². The van der Waals surface area contributed by atoms with Crippen molar-refractivity contribution in [3.63, 3.8) is 0 Å². The zero-order valence-corrected chi connectivity index (χ0v) is 12.3. The Morgan fingerprint density at radius 1 is 1.42 bits per heavy atom. The van der Waals surface area contributed by atoms with Crippen LogP contribution in [-0.2, 0) is 11.3 Å². The van der Waals surface area contributed by atoms with Gasteiger partial charge >= 0.3 is 6.09 Å². The molecule has 0 aliphatic carbocycles. The van der Waals surface area contributed by atoms with Gasteiger partial charge in [-0.3, -0.25) is 4.79 Å². The van der Waals surface area contributed by atoms with E-state index in [9.17, 15) is 9.59 Å². The van der Waals surface area contributed by atoms with E-state index in [4.69, 9.17) is 16.3 Å². The van der Waals surface area contributed by atoms with Gasteiger partial charge in [-0.15, -0.1) is 0 Å². The first kappa shape index (κ1) is 15.5. The monoisotopic (exact) mass is 283 g/mol. The predicted molar refractivity (Wildman–Crippen MR) is 74.5 cm³/mol. The highest BCUT2D eigenvalue weighted by molar-refractivity contribution is 6.31. The summed E-state index contributed by atoms with van der Waals surface area (Å²) in [5.41, 5.74) is 0.741. The Bertz CT molecular complexity index is 480. The van der Waals surface area contributed by atoms with E-state index in [0.717, 1.165) is 11.8 Å². The van der Waals surface area contributed by atoms with Crippen LogP contribution < -0.4 is 0 Å². The number of hydrogen-bond acceptors (Lipinski definition) is 3. The van der Waals surface area contributed by atoms with Crippen LogP contribution in [0.5, 0.6) is 0 Å². The molecule has 1 rings (SSSR count). The summed E-state index contributed by atoms with van der Waals surface area (Å²) in [4.78, 5) is 23.9. The zero-order chi connectivity index (χ0) is 14.6. The molecule has 4 nitrogen and oxygen atoms in total. The molecule has 19 heavy (non-hydrogen) atoms. The van der Waals surface area contributed by atoms with Crippen LogP contribution in [0.15, 0.2) is 18.2 Å². The third kappa shape index (κ3) is 4.91. The minimum absolute atomic E-state index is 0.326. The first-order chi connectivity index (χ1) is 8.73. The summed E-state index contributed by atoms with van der Waals surface area (Å²) in [6, 6.07) is 4.97. The van der Waals surface area contributed by atoms with Crippen molar-refractivity contribution in [2.45, 2.75) is 32.9 Å². The molecule has 0 saturated heterocycles. The van der Waals surface area contributed by atoms with Gasteiger partial charge < -0.3 is 9.64 Å². The Balaban J connectivity index is 2.74. The third-order valence-corrected chi connectivity index (χ3v) is 2.68. The van der Waals surface area contributed by atoms with E-state index in [0.29, 0.717) is 17.1 Å². The lowest BCUT2D eigenvalue weighted by Crippen LogP contribution is -2.33. The zero-order valence-electron chi connectivity index (χ0n) is 11.6. The molecule has 0 N–H and O–H groups in total. The van der Waals surface area contributed by atoms with E-state index in [2.05, 4.69) is 0 Å². The summed E-state index contributed by atoms with van der Waals surface area (Å²) in [6.07, 6.45) is 0.316. The highest BCUT2D eigenvalue weighted by Gasteiger charge is 2.20. The highest BCUT2D eigenvalue weighted by atomic mass is 35.5. The van der Waals surface area contributed by atoms with Gasteiger partial charge in [0.25, 0.3) is 0 Å². The molecule has 0 heterocycles. The summed E-state index contributed by atoms with van der Waals surface area (Å²) < 4.78 is 5.24. The molecule has 0 aliphatic rings. The van der Waals surface area contributed by atoms with Gasteiger partial charge in [0.05, 0.1) is 6.54 Å². The predicted octanol–water partition coefficient (Wildman–Crippen LogP) is 3.52. The number of rotatable bonds is 3. The average molecular weight is 284 g/mol. The molecule has 0 atom stereocenters. The second kappa shape index (κ2) is 6.06. The van der Waals surface area contributed by atoms with Gasteiger partial charge in [-0.05, 0) is 32.4 Å². The van der Waals surface area contributed by atoms with Crippen molar-refractivity contribution in [1.29, 1.82) is 0 Å². The molecule has 104 valence electrons. The maximum Gasteiger partial charge on any atom is 0.410 e. The number of aldehydes is 1. The lowest BCUT2D eigenvalue weighted by atomic mass is 10.1. The first-order valence-electron chi connectivity index (χ1n) is 5.90. The van der Waals surface area contributed by atoms with Crippen LogP contribution in [0.4, 0.5) is 4.79 Å². The molecule has 0 fully saturated rings. The lowest BCUT2D eigenvalue weighted by molar-refractivity contribution is 0.0285. The number of halogens is 1. The molecule has 0 aromatic heterocycles. The number of nitrogens with zero attached hydrogens (tertiary/aromatic N) is 1. The molecular formula is C14H18ClNO3. The lowest BCUT2D eigenvalue weighted by Gasteiger charge is -2.24. The van der Waals surface area contributed by atoms with Gasteiger partial charge in [0, 0.05) is 17.6 Å². The number of amides is 1. The number of hydrogen-bond donors (Lipinski definition) is 0. The molecule has 1 amide bonds. The van der Waals surface area contributed by atoms with Crippen LogP contribution in [0.25, 0.3) is 0 Å². The van der Waals surface area contributed by atoms with Crippen molar-refractivity contribution in [3.05, 3.63) is 34.3 Å². The summed E-state index contributed by atoms with van der Waals surface area (Å²) in [7, 11) is 1.64. The van der Waals surface area contributed by atoms with Gasteiger partial charge in [-0.1, -0.05) is 23.7 Å². The van der Waals surface area contributed by atoms with Crippen molar-refractivity contribution in [2.75, 3.05) is 7.05 Å². The molecule has 5 heteroatoms. The van der Waals surface area contributed by atoms with E-state index >= 15 is 0 Å². The maximum atomic E-state index is 11.8. The van der Waals surface area contributed by atoms with Crippen LogP contribution in [0.3, 0.4) is 0 Å². The molecule has 1 aromatic carbocycles. The van der Waals surface area contributed by atoms with Gasteiger partial charge in [0.2, 0.25) is 0 Å². The average Bonchev–Trinajstić information content (AvgIpc) is 2.29. The van der Waals surface area contributed by atoms with Crippen LogP contribution >= 0.6 is 11.6 Å². The Labute approximate surface area is 118 Å². The van der Waals surface area contributed by atoms with Gasteiger partial charge in [0.15, 0.2) is 0 Å². The quantitative estimate of drug-likeness (QED) is 0.798. The smallest absolute Gasteiger partial charge is 0.410 e. The Hall–Kier alpha value is -1.55. The molecule has 0 unspecified atom stereocenters. The van der Waals surface area contributed by atoms with E-state index in [1.807, 2.05) is 20.8 Å². The van der Waals surface area contributed by atoms with Crippen LogP contribution in [0, 0.1) is 0 Å². The van der Waals surface area contributed by atoms with Crippen LogP contribution in [0.1, 0.15) is 36.7 Å². The number of benzene rings is 1. The maximum absolute atomic E-state index is 11.8. The summed E-state index contributed by atoms with van der Waals surface area (Å²) >= 11 is 6.05. The Morgan fingerprint density at radius 2 is 2.05 bits per heavy atom. The molecule has 0 aliphatic heterocycles. The van der Waals surface area contributed by atoms with Gasteiger partial charge in [-0.2, -0.15) is 0 Å². The second-order valence-electron chi connectivity index (χ2n) is 5.31. The van der Waals surface area contributed by atoms with E-state index in [1.54, 1.807) is 25.2 Å². The van der Waals surface area contributed by atoms with Crippen molar-refractivity contribution < 1.29 is 14.3 Å². The standard InChI is InChI=1S/C14H18ClNO3/c1-14(2,3)19-13(18)16(4)8-11-6-5-10(9-17)7-12(11)15/h5-7,9H,8H2,1-4H3. The van der Waals surface area contributed by atoms with E-state index in [1.165, 1.54) is 4.90 Å². The highest BCUT2D eigenvalue weighted by Crippen LogP contribution is 2.19. The molecular weight excluding hydrogens is 266 g/mol. The number of carbonyl (C=O) groups excluding carboxylic acids is 2. The normalized spacial score (nSPS) is 11.0. The summed E-state index contributed by atoms with van der Waals surface area (Å²) in [5.74, 6) is 0. The minimum Gasteiger partial charge on any atom is -0.444 e. The molecule has 0 bridgehead atoms. The van der Waals surface area contributed by atoms with Gasteiger partial charge in [-0.25, -0.2) is 4.79 Å². The van der Waals surface area contributed by atoms with Crippen molar-refractivity contribution in [3.8, 4) is 0 Å². The Kier molecular flexibility index (Phi) is 4.95. The van der Waals surface area contributed by atoms with E-state index < -0.39 is 11.7 Å². The summed E-state index contributed by atoms with van der Waals surface area (Å²) in [6.45, 7) is 5.76. The fraction of sp³-hybridized carbons (Fsp3) is 0.429. The summed E-state index contributed by atoms with van der Waals surface area (Å²) in [5, 5.41) is 0.458. The fourth-order valence-electron chi connectivity index (χ4n) is 1.43. The van der Waals surface area contributed by atoms with Gasteiger partial charge in [0.1, 0.15) is 11.9 Å². The molecule has 0 saturated carbocycles. The molecule has 0 radical (unpaired) electrons. The van der Waals surface area contributed by atoms with Crippen molar-refractivity contribution in [1.82, 2.24) is 4.90 Å².